The smallest absolute Gasteiger partial charge is 0.271 e. The molecule has 19 heavy (non-hydrogen) atoms. The maximum absolute atomic E-state index is 11.5. The van der Waals surface area contributed by atoms with Crippen molar-refractivity contribution < 1.29 is 0 Å². The Balaban J connectivity index is 1.73. The summed E-state index contributed by atoms with van der Waals surface area (Å²) in [7, 11) is 0. The van der Waals surface area contributed by atoms with Crippen LogP contribution in [0.25, 0.3) is 0 Å². The molecule has 4 nitrogen and oxygen atoms in total. The van der Waals surface area contributed by atoms with E-state index in [-0.39, 0.29) is 10.6 Å². The van der Waals surface area contributed by atoms with Crippen LogP contribution < -0.4 is 10.5 Å². The molecule has 0 amide bonds. The molecule has 2 aliphatic rings. The molecule has 1 saturated carbocycles. The number of nitrogens with zero attached hydrogens (tertiary/aromatic N) is 2. The molecular weight excluding hydrogens is 262 g/mol. The minimum atomic E-state index is -0.246. The lowest BCUT2D eigenvalue weighted by atomic mass is 9.68. The van der Waals surface area contributed by atoms with Crippen molar-refractivity contribution in [3.8, 4) is 0 Å². The van der Waals surface area contributed by atoms with Gasteiger partial charge in [-0.2, -0.15) is 0 Å². The molecule has 2 fully saturated rings. The Labute approximate surface area is 118 Å². The van der Waals surface area contributed by atoms with Crippen molar-refractivity contribution >= 4 is 17.4 Å². The predicted octanol–water partition coefficient (Wildman–Crippen LogP) is 2.97. The SMILES string of the molecule is O=c1[nH]cnc(N2CCC3(CCCCC3)CC2)c1Cl. The molecule has 1 aromatic heterocycles. The van der Waals surface area contributed by atoms with Crippen LogP contribution in [0.1, 0.15) is 44.9 Å². The van der Waals surface area contributed by atoms with Gasteiger partial charge in [0.2, 0.25) is 0 Å². The van der Waals surface area contributed by atoms with E-state index < -0.39 is 0 Å². The number of hydrogen-bond acceptors (Lipinski definition) is 3. The third-order valence-corrected chi connectivity index (χ3v) is 5.16. The van der Waals surface area contributed by atoms with E-state index in [2.05, 4.69) is 14.9 Å². The first-order valence-electron chi connectivity index (χ1n) is 7.18. The molecule has 104 valence electrons. The molecule has 5 heteroatoms. The fraction of sp³-hybridized carbons (Fsp3) is 0.714. The quantitative estimate of drug-likeness (QED) is 0.861. The van der Waals surface area contributed by atoms with Crippen molar-refractivity contribution in [1.82, 2.24) is 9.97 Å². The van der Waals surface area contributed by atoms with Crippen molar-refractivity contribution in [2.45, 2.75) is 44.9 Å². The van der Waals surface area contributed by atoms with Crippen molar-refractivity contribution in [2.75, 3.05) is 18.0 Å². The highest BCUT2D eigenvalue weighted by Crippen LogP contribution is 2.45. The van der Waals surface area contributed by atoms with E-state index in [0.29, 0.717) is 11.2 Å². The van der Waals surface area contributed by atoms with Gasteiger partial charge in [0.1, 0.15) is 5.02 Å². The summed E-state index contributed by atoms with van der Waals surface area (Å²) in [5, 5.41) is 0.224. The number of halogens is 1. The molecule has 0 unspecified atom stereocenters. The van der Waals surface area contributed by atoms with Crippen LogP contribution in [0.4, 0.5) is 5.82 Å². The molecule has 1 saturated heterocycles. The topological polar surface area (TPSA) is 49.0 Å². The summed E-state index contributed by atoms with van der Waals surface area (Å²) < 4.78 is 0. The summed E-state index contributed by atoms with van der Waals surface area (Å²) >= 11 is 6.06. The van der Waals surface area contributed by atoms with Gasteiger partial charge in [0.25, 0.3) is 5.56 Å². The van der Waals surface area contributed by atoms with Gasteiger partial charge in [0.05, 0.1) is 6.33 Å². The van der Waals surface area contributed by atoms with Gasteiger partial charge >= 0.3 is 0 Å². The second-order valence-corrected chi connectivity index (χ2v) is 6.29. The third kappa shape index (κ3) is 2.50. The molecule has 1 spiro atoms. The Morgan fingerprint density at radius 3 is 2.53 bits per heavy atom. The van der Waals surface area contributed by atoms with Crippen LogP contribution in [-0.4, -0.2) is 23.1 Å². The molecular formula is C14H20ClN3O. The molecule has 1 aliphatic carbocycles. The van der Waals surface area contributed by atoms with Crippen molar-refractivity contribution in [2.24, 2.45) is 5.41 Å². The lowest BCUT2D eigenvalue weighted by molar-refractivity contribution is 0.144. The molecule has 3 rings (SSSR count). The fourth-order valence-corrected chi connectivity index (χ4v) is 3.81. The second-order valence-electron chi connectivity index (χ2n) is 5.92. The highest BCUT2D eigenvalue weighted by Gasteiger charge is 2.36. The normalized spacial score (nSPS) is 22.7. The highest BCUT2D eigenvalue weighted by atomic mass is 35.5. The molecule has 0 bridgehead atoms. The Bertz CT molecular complexity index is 498. The summed E-state index contributed by atoms with van der Waals surface area (Å²) in [6.07, 6.45) is 10.7. The Morgan fingerprint density at radius 2 is 1.84 bits per heavy atom. The summed E-state index contributed by atoms with van der Waals surface area (Å²) in [6.45, 7) is 1.94. The number of nitrogens with one attached hydrogen (secondary N) is 1. The lowest BCUT2D eigenvalue weighted by Gasteiger charge is -2.44. The summed E-state index contributed by atoms with van der Waals surface area (Å²) in [4.78, 5) is 20.4. The van der Waals surface area contributed by atoms with Gasteiger partial charge in [0, 0.05) is 13.1 Å². The molecule has 0 atom stereocenters. The van der Waals surface area contributed by atoms with Gasteiger partial charge in [-0.25, -0.2) is 4.98 Å². The Morgan fingerprint density at radius 1 is 1.16 bits per heavy atom. The zero-order chi connectivity index (χ0) is 13.3. The van der Waals surface area contributed by atoms with E-state index in [9.17, 15) is 4.79 Å². The van der Waals surface area contributed by atoms with Crippen molar-refractivity contribution in [3.05, 3.63) is 21.7 Å². The van der Waals surface area contributed by atoms with Crippen LogP contribution in [-0.2, 0) is 0 Å². The maximum atomic E-state index is 11.5. The summed E-state index contributed by atoms with van der Waals surface area (Å²) in [5.74, 6) is 0.649. The molecule has 1 aliphatic heterocycles. The average Bonchev–Trinajstić information content (AvgIpc) is 2.44. The Hall–Kier alpha value is -1.03. The van der Waals surface area contributed by atoms with E-state index in [4.69, 9.17) is 11.6 Å². The van der Waals surface area contributed by atoms with Gasteiger partial charge < -0.3 is 9.88 Å². The lowest BCUT2D eigenvalue weighted by Crippen LogP contribution is -2.42. The first-order valence-corrected chi connectivity index (χ1v) is 7.56. The van der Waals surface area contributed by atoms with Crippen LogP contribution in [0.3, 0.4) is 0 Å². The van der Waals surface area contributed by atoms with Crippen LogP contribution >= 0.6 is 11.6 Å². The second kappa shape index (κ2) is 5.16. The molecule has 0 radical (unpaired) electrons. The molecule has 0 aromatic carbocycles. The van der Waals surface area contributed by atoms with E-state index in [1.165, 1.54) is 51.3 Å². The van der Waals surface area contributed by atoms with E-state index in [0.717, 1.165) is 13.1 Å². The first kappa shape index (κ1) is 13.0. The third-order valence-electron chi connectivity index (χ3n) is 4.82. The molecule has 1 aromatic rings. The van der Waals surface area contributed by atoms with Crippen molar-refractivity contribution in [3.63, 3.8) is 0 Å². The minimum absolute atomic E-state index is 0.224. The van der Waals surface area contributed by atoms with Crippen LogP contribution in [0.2, 0.25) is 5.02 Å². The first-order chi connectivity index (χ1) is 9.20. The fourth-order valence-electron chi connectivity index (χ4n) is 3.59. The van der Waals surface area contributed by atoms with Gasteiger partial charge in [-0.15, -0.1) is 0 Å². The van der Waals surface area contributed by atoms with Crippen molar-refractivity contribution in [1.29, 1.82) is 0 Å². The number of aromatic amines is 1. The van der Waals surface area contributed by atoms with E-state index in [1.54, 1.807) is 0 Å². The number of piperidine rings is 1. The van der Waals surface area contributed by atoms with Gasteiger partial charge in [-0.3, -0.25) is 4.79 Å². The Kier molecular flexibility index (Phi) is 3.52. The van der Waals surface area contributed by atoms with Gasteiger partial charge in [0.15, 0.2) is 5.82 Å². The van der Waals surface area contributed by atoms with E-state index in [1.807, 2.05) is 0 Å². The summed E-state index contributed by atoms with van der Waals surface area (Å²) in [5.41, 5.74) is 0.312. The van der Waals surface area contributed by atoms with E-state index >= 15 is 0 Å². The minimum Gasteiger partial charge on any atom is -0.355 e. The van der Waals surface area contributed by atoms with Crippen LogP contribution in [0.5, 0.6) is 0 Å². The van der Waals surface area contributed by atoms with Gasteiger partial charge in [-0.1, -0.05) is 30.9 Å². The maximum Gasteiger partial charge on any atom is 0.271 e. The zero-order valence-corrected chi connectivity index (χ0v) is 11.9. The largest absolute Gasteiger partial charge is 0.355 e. The zero-order valence-electron chi connectivity index (χ0n) is 11.1. The number of aromatic nitrogens is 2. The highest BCUT2D eigenvalue weighted by molar-refractivity contribution is 6.32. The molecule has 2 heterocycles. The molecule has 1 N–H and O–H groups in total. The number of H-pyrrole nitrogens is 1. The van der Waals surface area contributed by atoms with Crippen LogP contribution in [0, 0.1) is 5.41 Å². The number of anilines is 1. The van der Waals surface area contributed by atoms with Crippen LogP contribution in [0.15, 0.2) is 11.1 Å². The predicted molar refractivity (Wildman–Crippen MR) is 76.8 cm³/mol. The van der Waals surface area contributed by atoms with Gasteiger partial charge in [-0.05, 0) is 31.1 Å². The number of rotatable bonds is 1. The summed E-state index contributed by atoms with van der Waals surface area (Å²) in [6, 6.07) is 0. The standard InChI is InChI=1S/C14H20ClN3O/c15-11-12(16-10-17-13(11)19)18-8-6-14(7-9-18)4-2-1-3-5-14/h10H,1-9H2,(H,16,17,19). The monoisotopic (exact) mass is 281 g/mol. The number of hydrogen-bond donors (Lipinski definition) is 1. The average molecular weight is 282 g/mol.